The molecule has 0 radical (unpaired) electrons. The molecule has 0 unspecified atom stereocenters. The van der Waals surface area contributed by atoms with E-state index >= 15 is 0 Å². The fraction of sp³-hybridized carbons (Fsp3) is 0.308. The molecule has 2 heterocycles. The average Bonchev–Trinajstić information content (AvgIpc) is 2.91. The molecule has 3 rings (SSSR count). The minimum atomic E-state index is -0.173. The van der Waals surface area contributed by atoms with E-state index in [4.69, 9.17) is 0 Å². The number of amides is 1. The SMILES string of the molecule is CN1CCCc2cc(C(=O)Nc3ncn[nH]3)ccc21. The average molecular weight is 257 g/mol. The van der Waals surface area contributed by atoms with Gasteiger partial charge >= 0.3 is 0 Å². The van der Waals surface area contributed by atoms with E-state index in [1.807, 2.05) is 18.2 Å². The number of aromatic amines is 1. The summed E-state index contributed by atoms with van der Waals surface area (Å²) >= 11 is 0. The van der Waals surface area contributed by atoms with Crippen LogP contribution in [0.5, 0.6) is 0 Å². The van der Waals surface area contributed by atoms with Crippen molar-refractivity contribution in [1.29, 1.82) is 0 Å². The highest BCUT2D eigenvalue weighted by Crippen LogP contribution is 2.26. The lowest BCUT2D eigenvalue weighted by atomic mass is 9.99. The smallest absolute Gasteiger partial charge is 0.258 e. The van der Waals surface area contributed by atoms with Gasteiger partial charge in [0.2, 0.25) is 5.95 Å². The second-order valence-electron chi connectivity index (χ2n) is 4.66. The zero-order valence-corrected chi connectivity index (χ0v) is 10.7. The molecule has 0 spiro atoms. The molecule has 98 valence electrons. The fourth-order valence-electron chi connectivity index (χ4n) is 2.37. The van der Waals surface area contributed by atoms with E-state index in [2.05, 4.69) is 32.4 Å². The highest BCUT2D eigenvalue weighted by atomic mass is 16.1. The van der Waals surface area contributed by atoms with Crippen LogP contribution < -0.4 is 10.2 Å². The van der Waals surface area contributed by atoms with E-state index < -0.39 is 0 Å². The van der Waals surface area contributed by atoms with Crippen LogP contribution in [0.4, 0.5) is 11.6 Å². The summed E-state index contributed by atoms with van der Waals surface area (Å²) in [4.78, 5) is 18.2. The van der Waals surface area contributed by atoms with Gasteiger partial charge in [-0.05, 0) is 36.6 Å². The largest absolute Gasteiger partial charge is 0.374 e. The van der Waals surface area contributed by atoms with Crippen LogP contribution in [0.15, 0.2) is 24.5 Å². The Labute approximate surface area is 110 Å². The summed E-state index contributed by atoms with van der Waals surface area (Å²) < 4.78 is 0. The molecular formula is C13H15N5O. The number of rotatable bonds is 2. The summed E-state index contributed by atoms with van der Waals surface area (Å²) in [6.45, 7) is 1.07. The maximum absolute atomic E-state index is 12.1. The third kappa shape index (κ3) is 2.29. The number of H-pyrrole nitrogens is 1. The van der Waals surface area contributed by atoms with Crippen molar-refractivity contribution in [2.45, 2.75) is 12.8 Å². The lowest BCUT2D eigenvalue weighted by Gasteiger charge is -2.27. The summed E-state index contributed by atoms with van der Waals surface area (Å²) in [5, 5.41) is 8.97. The van der Waals surface area contributed by atoms with Crippen molar-refractivity contribution in [3.05, 3.63) is 35.7 Å². The monoisotopic (exact) mass is 257 g/mol. The standard InChI is InChI=1S/C13H15N5O/c1-18-6-2-3-9-7-10(4-5-11(9)18)12(19)16-13-14-8-15-17-13/h4-5,7-8H,2-3,6H2,1H3,(H2,14,15,16,17,19). The van der Waals surface area contributed by atoms with Crippen LogP contribution in [0.3, 0.4) is 0 Å². The van der Waals surface area contributed by atoms with Crippen LogP contribution in [0, 0.1) is 0 Å². The minimum Gasteiger partial charge on any atom is -0.374 e. The number of carbonyl (C=O) groups excluding carboxylic acids is 1. The van der Waals surface area contributed by atoms with E-state index in [0.29, 0.717) is 11.5 Å². The molecule has 6 nitrogen and oxygen atoms in total. The van der Waals surface area contributed by atoms with Crippen LogP contribution in [-0.2, 0) is 6.42 Å². The Hall–Kier alpha value is -2.37. The first kappa shape index (κ1) is 11.7. The number of aromatic nitrogens is 3. The fourth-order valence-corrected chi connectivity index (χ4v) is 2.37. The third-order valence-corrected chi connectivity index (χ3v) is 3.34. The molecule has 0 bridgehead atoms. The zero-order valence-electron chi connectivity index (χ0n) is 10.7. The highest BCUT2D eigenvalue weighted by molar-refractivity contribution is 6.03. The Bertz CT molecular complexity index is 593. The van der Waals surface area contributed by atoms with E-state index in [0.717, 1.165) is 19.4 Å². The molecule has 2 aromatic rings. The molecule has 0 atom stereocenters. The molecule has 1 aliphatic heterocycles. The molecule has 0 saturated heterocycles. The summed E-state index contributed by atoms with van der Waals surface area (Å²) in [6, 6.07) is 5.80. The summed E-state index contributed by atoms with van der Waals surface area (Å²) in [6.07, 6.45) is 3.50. The van der Waals surface area contributed by atoms with Crippen molar-refractivity contribution in [2.24, 2.45) is 0 Å². The number of nitrogens with zero attached hydrogens (tertiary/aromatic N) is 3. The van der Waals surface area contributed by atoms with Crippen molar-refractivity contribution in [2.75, 3.05) is 23.8 Å². The predicted molar refractivity (Wildman–Crippen MR) is 72.4 cm³/mol. The molecule has 1 aliphatic rings. The van der Waals surface area contributed by atoms with Gasteiger partial charge in [0, 0.05) is 24.8 Å². The highest BCUT2D eigenvalue weighted by Gasteiger charge is 2.16. The van der Waals surface area contributed by atoms with Crippen molar-refractivity contribution >= 4 is 17.5 Å². The number of anilines is 2. The Morgan fingerprint density at radius 2 is 2.37 bits per heavy atom. The quantitative estimate of drug-likeness (QED) is 0.853. The van der Waals surface area contributed by atoms with Crippen molar-refractivity contribution < 1.29 is 4.79 Å². The first-order valence-corrected chi connectivity index (χ1v) is 6.25. The van der Waals surface area contributed by atoms with Crippen LogP contribution >= 0.6 is 0 Å². The van der Waals surface area contributed by atoms with Crippen LogP contribution in [0.1, 0.15) is 22.3 Å². The molecule has 1 amide bonds. The summed E-state index contributed by atoms with van der Waals surface area (Å²) in [7, 11) is 2.08. The number of hydrogen-bond acceptors (Lipinski definition) is 4. The van der Waals surface area contributed by atoms with Gasteiger partial charge < -0.3 is 4.90 Å². The van der Waals surface area contributed by atoms with Gasteiger partial charge in [-0.3, -0.25) is 10.1 Å². The Balaban J connectivity index is 1.83. The van der Waals surface area contributed by atoms with Gasteiger partial charge in [0.15, 0.2) is 0 Å². The number of benzene rings is 1. The Morgan fingerprint density at radius 1 is 1.47 bits per heavy atom. The topological polar surface area (TPSA) is 73.9 Å². The van der Waals surface area contributed by atoms with Gasteiger partial charge in [-0.15, -0.1) is 0 Å². The van der Waals surface area contributed by atoms with Gasteiger partial charge in [-0.1, -0.05) is 0 Å². The van der Waals surface area contributed by atoms with Gasteiger partial charge in [0.1, 0.15) is 6.33 Å². The molecule has 0 fully saturated rings. The van der Waals surface area contributed by atoms with E-state index in [1.54, 1.807) is 0 Å². The van der Waals surface area contributed by atoms with Crippen molar-refractivity contribution in [3.63, 3.8) is 0 Å². The summed E-state index contributed by atoms with van der Waals surface area (Å²) in [5.74, 6) is 0.188. The number of carbonyl (C=O) groups is 1. The maximum atomic E-state index is 12.1. The molecule has 6 heteroatoms. The minimum absolute atomic E-state index is 0.173. The first-order chi connectivity index (χ1) is 9.24. The summed E-state index contributed by atoms with van der Waals surface area (Å²) in [5.41, 5.74) is 3.08. The lowest BCUT2D eigenvalue weighted by molar-refractivity contribution is 0.102. The van der Waals surface area contributed by atoms with Gasteiger partial charge in [-0.25, -0.2) is 5.10 Å². The molecule has 0 saturated carbocycles. The number of nitrogens with one attached hydrogen (secondary N) is 2. The molecular weight excluding hydrogens is 242 g/mol. The van der Waals surface area contributed by atoms with Gasteiger partial charge in [0.05, 0.1) is 0 Å². The zero-order chi connectivity index (χ0) is 13.2. The second kappa shape index (κ2) is 4.72. The lowest BCUT2D eigenvalue weighted by Crippen LogP contribution is -2.25. The Morgan fingerprint density at radius 3 is 3.16 bits per heavy atom. The van der Waals surface area contributed by atoms with E-state index in [1.165, 1.54) is 17.6 Å². The molecule has 19 heavy (non-hydrogen) atoms. The van der Waals surface area contributed by atoms with Crippen LogP contribution in [-0.4, -0.2) is 34.7 Å². The normalized spacial score (nSPS) is 14.1. The Kier molecular flexibility index (Phi) is 2.91. The third-order valence-electron chi connectivity index (χ3n) is 3.34. The first-order valence-electron chi connectivity index (χ1n) is 6.25. The van der Waals surface area contributed by atoms with Gasteiger partial charge in [0.25, 0.3) is 5.91 Å². The molecule has 0 aliphatic carbocycles. The second-order valence-corrected chi connectivity index (χ2v) is 4.66. The van der Waals surface area contributed by atoms with Crippen LogP contribution in [0.2, 0.25) is 0 Å². The van der Waals surface area contributed by atoms with Crippen molar-refractivity contribution in [1.82, 2.24) is 15.2 Å². The van der Waals surface area contributed by atoms with Gasteiger partial charge in [-0.2, -0.15) is 10.1 Å². The molecule has 1 aromatic heterocycles. The maximum Gasteiger partial charge on any atom is 0.258 e. The van der Waals surface area contributed by atoms with E-state index in [9.17, 15) is 4.79 Å². The number of hydrogen-bond donors (Lipinski definition) is 2. The van der Waals surface area contributed by atoms with E-state index in [-0.39, 0.29) is 5.91 Å². The molecule has 2 N–H and O–H groups in total. The predicted octanol–water partition coefficient (Wildman–Crippen LogP) is 1.44. The number of aryl methyl sites for hydroxylation is 1. The molecule has 1 aromatic carbocycles. The van der Waals surface area contributed by atoms with Crippen LogP contribution in [0.25, 0.3) is 0 Å². The van der Waals surface area contributed by atoms with Crippen molar-refractivity contribution in [3.8, 4) is 0 Å². The number of fused-ring (bicyclic) bond motifs is 1.